The first-order chi connectivity index (χ1) is 11.2. The number of hydrogen-bond acceptors (Lipinski definition) is 0. The number of hydrogen-bond donors (Lipinski definition) is 0. The van der Waals surface area contributed by atoms with Gasteiger partial charge in [-0.25, -0.2) is 0 Å². The summed E-state index contributed by atoms with van der Waals surface area (Å²) in [6.07, 6.45) is 0. The monoisotopic (exact) mass is 373 g/mol. The third-order valence-corrected chi connectivity index (χ3v) is 3.97. The summed E-state index contributed by atoms with van der Waals surface area (Å²) in [4.78, 5) is 0. The molecule has 0 amide bonds. The molecule has 0 radical (unpaired) electrons. The molecular weight excluding hydrogens is 359 g/mol. The van der Waals surface area contributed by atoms with Crippen LogP contribution in [0.4, 0.5) is 0 Å². The molecule has 0 aliphatic carbocycles. The van der Waals surface area contributed by atoms with Crippen LogP contribution in [-0.4, -0.2) is 0 Å². The molecule has 0 aliphatic rings. The second-order valence-electron chi connectivity index (χ2n) is 5.44. The van der Waals surface area contributed by atoms with Gasteiger partial charge in [-0.05, 0) is 16.3 Å². The van der Waals surface area contributed by atoms with Crippen molar-refractivity contribution in [2.45, 2.75) is 6.92 Å². The molecule has 0 nitrogen and oxygen atoms in total. The topological polar surface area (TPSA) is 0 Å². The van der Waals surface area contributed by atoms with E-state index in [1.807, 2.05) is 0 Å². The summed E-state index contributed by atoms with van der Waals surface area (Å²) in [5, 5.41) is 5.29. The van der Waals surface area contributed by atoms with Gasteiger partial charge in [-0.3, -0.25) is 0 Å². The van der Waals surface area contributed by atoms with E-state index in [9.17, 15) is 0 Å². The average Bonchev–Trinajstić information content (AvgIpc) is 2.95. The van der Waals surface area contributed by atoms with Crippen LogP contribution in [-0.2, 0) is 17.0 Å². The summed E-state index contributed by atoms with van der Waals surface area (Å²) in [6.45, 7) is 2.16. The van der Waals surface area contributed by atoms with Gasteiger partial charge in [0.15, 0.2) is 0 Å². The molecule has 4 aromatic rings. The van der Waals surface area contributed by atoms with Crippen LogP contribution in [0.5, 0.6) is 0 Å². The summed E-state index contributed by atoms with van der Waals surface area (Å²) in [5.41, 5.74) is 3.97. The Kier molecular flexibility index (Phi) is 5.51. The molecule has 0 spiro atoms. The van der Waals surface area contributed by atoms with Gasteiger partial charge >= 0.3 is 35.6 Å². The van der Waals surface area contributed by atoms with Crippen LogP contribution < -0.4 is 0 Å². The van der Waals surface area contributed by atoms with Crippen molar-refractivity contribution >= 4 is 40.2 Å². The van der Waals surface area contributed by atoms with Crippen LogP contribution in [0, 0.1) is 6.92 Å². The van der Waals surface area contributed by atoms with Crippen molar-refractivity contribution in [2.75, 3.05) is 0 Å². The van der Waals surface area contributed by atoms with E-state index in [0.29, 0.717) is 0 Å². The summed E-state index contributed by atoms with van der Waals surface area (Å²) < 4.78 is 0. The van der Waals surface area contributed by atoms with E-state index >= 15 is 0 Å². The van der Waals surface area contributed by atoms with E-state index in [0.717, 1.165) is 0 Å². The van der Waals surface area contributed by atoms with E-state index < -0.39 is 17.0 Å². The van der Waals surface area contributed by atoms with Gasteiger partial charge in [-0.1, -0.05) is 61.0 Å². The SMILES string of the molecule is Cc1cc2c(-c3cccc4ccccc34)cccc2[cH-]1.[Cl][Ti][Cl]. The first-order valence-electron chi connectivity index (χ1n) is 7.35. The van der Waals surface area contributed by atoms with Gasteiger partial charge in [0.25, 0.3) is 0 Å². The first-order valence-corrected chi connectivity index (χ1v) is 11.6. The Morgan fingerprint density at radius 1 is 0.783 bits per heavy atom. The number of halogens is 2. The Bertz CT molecular complexity index is 935. The van der Waals surface area contributed by atoms with E-state index in [4.69, 9.17) is 18.6 Å². The summed E-state index contributed by atoms with van der Waals surface area (Å²) in [7, 11) is 9.78. The summed E-state index contributed by atoms with van der Waals surface area (Å²) in [6, 6.07) is 26.2. The molecular formula is C20H15Cl2Ti-. The van der Waals surface area contributed by atoms with Gasteiger partial charge in [0.2, 0.25) is 0 Å². The van der Waals surface area contributed by atoms with Gasteiger partial charge < -0.3 is 0 Å². The minimum absolute atomic E-state index is 0.556. The Labute approximate surface area is 153 Å². The Morgan fingerprint density at radius 3 is 2.17 bits per heavy atom. The summed E-state index contributed by atoms with van der Waals surface area (Å²) >= 11 is -0.556. The number of benzene rings is 3. The van der Waals surface area contributed by atoms with Gasteiger partial charge in [-0.2, -0.15) is 6.07 Å². The number of aryl methyl sites for hydroxylation is 1. The van der Waals surface area contributed by atoms with E-state index in [1.54, 1.807) is 0 Å². The number of rotatable bonds is 1. The van der Waals surface area contributed by atoms with Gasteiger partial charge in [0, 0.05) is 0 Å². The molecule has 4 rings (SSSR count). The molecule has 0 heterocycles. The quantitative estimate of drug-likeness (QED) is 0.247. The van der Waals surface area contributed by atoms with Crippen molar-refractivity contribution in [3.05, 3.63) is 78.4 Å². The van der Waals surface area contributed by atoms with Crippen LogP contribution in [0.1, 0.15) is 5.56 Å². The van der Waals surface area contributed by atoms with Crippen LogP contribution in [0.3, 0.4) is 0 Å². The van der Waals surface area contributed by atoms with Crippen molar-refractivity contribution in [1.29, 1.82) is 0 Å². The molecule has 0 saturated carbocycles. The molecule has 0 unspecified atom stereocenters. The molecule has 0 atom stereocenters. The second-order valence-corrected chi connectivity index (χ2v) is 8.02. The maximum atomic E-state index is 4.89. The maximum absolute atomic E-state index is 4.89. The normalized spacial score (nSPS) is 10.4. The standard InChI is InChI=1S/C20H15.2ClH.Ti/c1-14-12-16-8-5-11-19(20(16)13-14)18-10-4-7-15-6-2-3-9-17(15)18;;;/h2-13H,1H3;2*1H;/q-1;;;+2/p-2. The molecule has 0 saturated heterocycles. The average molecular weight is 374 g/mol. The zero-order valence-electron chi connectivity index (χ0n) is 12.7. The molecule has 0 aromatic heterocycles. The zero-order chi connectivity index (χ0) is 16.2. The summed E-state index contributed by atoms with van der Waals surface area (Å²) in [5.74, 6) is 0. The fourth-order valence-electron chi connectivity index (χ4n) is 3.08. The molecule has 3 heteroatoms. The van der Waals surface area contributed by atoms with Crippen molar-refractivity contribution < 1.29 is 17.0 Å². The van der Waals surface area contributed by atoms with Crippen molar-refractivity contribution in [3.63, 3.8) is 0 Å². The van der Waals surface area contributed by atoms with Gasteiger partial charge in [0.1, 0.15) is 0 Å². The molecule has 4 aromatic carbocycles. The van der Waals surface area contributed by atoms with Gasteiger partial charge in [-0.15, -0.1) is 34.5 Å². The third kappa shape index (κ3) is 3.51. The van der Waals surface area contributed by atoms with Crippen LogP contribution in [0.25, 0.3) is 32.7 Å². The molecule has 0 fully saturated rings. The molecule has 23 heavy (non-hydrogen) atoms. The van der Waals surface area contributed by atoms with Crippen molar-refractivity contribution in [1.82, 2.24) is 0 Å². The second kappa shape index (κ2) is 7.60. The molecule has 0 aliphatic heterocycles. The van der Waals surface area contributed by atoms with Crippen LogP contribution in [0.2, 0.25) is 0 Å². The molecule has 0 N–H and O–H groups in total. The predicted molar refractivity (Wildman–Crippen MR) is 98.9 cm³/mol. The fourth-order valence-corrected chi connectivity index (χ4v) is 3.08. The van der Waals surface area contributed by atoms with E-state index in [-0.39, 0.29) is 0 Å². The van der Waals surface area contributed by atoms with Crippen LogP contribution in [0.15, 0.2) is 72.8 Å². The third-order valence-electron chi connectivity index (χ3n) is 3.97. The molecule has 114 valence electrons. The molecule has 0 bridgehead atoms. The number of fused-ring (bicyclic) bond motifs is 2. The predicted octanol–water partition coefficient (Wildman–Crippen LogP) is 7.06. The zero-order valence-corrected chi connectivity index (χ0v) is 15.8. The van der Waals surface area contributed by atoms with Crippen molar-refractivity contribution in [3.8, 4) is 11.1 Å². The Morgan fingerprint density at radius 2 is 1.39 bits per heavy atom. The first kappa shape index (κ1) is 16.7. The van der Waals surface area contributed by atoms with Crippen LogP contribution >= 0.6 is 18.6 Å². The Hall–Kier alpha value is -1.18. The Balaban J connectivity index is 0.000000485. The van der Waals surface area contributed by atoms with Gasteiger partial charge in [0.05, 0.1) is 0 Å². The van der Waals surface area contributed by atoms with E-state index in [2.05, 4.69) is 79.7 Å². The fraction of sp³-hybridized carbons (Fsp3) is 0.0500. The van der Waals surface area contributed by atoms with E-state index in [1.165, 1.54) is 38.2 Å². The minimum atomic E-state index is -0.556. The van der Waals surface area contributed by atoms with Crippen molar-refractivity contribution in [2.24, 2.45) is 0 Å².